The highest BCUT2D eigenvalue weighted by molar-refractivity contribution is 5.84. The lowest BCUT2D eigenvalue weighted by atomic mass is 10.0. The first-order valence-corrected chi connectivity index (χ1v) is 6.32. The van der Waals surface area contributed by atoms with Crippen LogP contribution in [0.2, 0.25) is 0 Å². The second-order valence-electron chi connectivity index (χ2n) is 4.60. The Bertz CT molecular complexity index is 281. The van der Waals surface area contributed by atoms with Gasteiger partial charge in [-0.1, -0.05) is 6.92 Å². The van der Waals surface area contributed by atoms with Gasteiger partial charge in [0.2, 0.25) is 5.91 Å². The summed E-state index contributed by atoms with van der Waals surface area (Å²) in [6.07, 6.45) is 2.75. The number of rotatable bonds is 5. The van der Waals surface area contributed by atoms with E-state index in [0.717, 1.165) is 19.4 Å². The monoisotopic (exact) mass is 242 g/mol. The topological polar surface area (TPSA) is 69.6 Å². The zero-order valence-electron chi connectivity index (χ0n) is 10.6. The fourth-order valence-corrected chi connectivity index (χ4v) is 2.29. The van der Waals surface area contributed by atoms with E-state index in [1.165, 1.54) is 4.90 Å². The lowest BCUT2D eigenvalue weighted by Crippen LogP contribution is -2.49. The van der Waals surface area contributed by atoms with E-state index in [1.807, 2.05) is 13.8 Å². The Morgan fingerprint density at radius 2 is 2.18 bits per heavy atom. The molecule has 0 aromatic heterocycles. The van der Waals surface area contributed by atoms with E-state index in [4.69, 9.17) is 5.11 Å². The predicted octanol–water partition coefficient (Wildman–Crippen LogP) is 0.840. The Labute approximate surface area is 102 Å². The summed E-state index contributed by atoms with van der Waals surface area (Å²) < 4.78 is 0. The van der Waals surface area contributed by atoms with Gasteiger partial charge in [0.25, 0.3) is 0 Å². The SMILES string of the molecule is CCNC(C)CC(=O)N1CCCCC1C(=O)O. The van der Waals surface area contributed by atoms with Crippen LogP contribution in [0.15, 0.2) is 0 Å². The Kier molecular flexibility index (Phi) is 5.41. The van der Waals surface area contributed by atoms with E-state index >= 15 is 0 Å². The minimum Gasteiger partial charge on any atom is -0.480 e. The van der Waals surface area contributed by atoms with Gasteiger partial charge in [-0.25, -0.2) is 4.79 Å². The van der Waals surface area contributed by atoms with Gasteiger partial charge in [0.05, 0.1) is 0 Å². The average Bonchev–Trinajstić information content (AvgIpc) is 2.29. The molecule has 2 atom stereocenters. The number of likely N-dealkylation sites (tertiary alicyclic amines) is 1. The van der Waals surface area contributed by atoms with Crippen LogP contribution in [0.1, 0.15) is 39.5 Å². The van der Waals surface area contributed by atoms with Crippen molar-refractivity contribution in [2.75, 3.05) is 13.1 Å². The molecule has 1 aliphatic heterocycles. The minimum absolute atomic E-state index is 0.0504. The van der Waals surface area contributed by atoms with Crippen molar-refractivity contribution in [2.24, 2.45) is 0 Å². The van der Waals surface area contributed by atoms with Crippen molar-refractivity contribution in [1.82, 2.24) is 10.2 Å². The molecule has 0 aromatic carbocycles. The normalized spacial score (nSPS) is 22.2. The molecular formula is C12H22N2O3. The fraction of sp³-hybridized carbons (Fsp3) is 0.833. The summed E-state index contributed by atoms with van der Waals surface area (Å²) in [7, 11) is 0. The number of piperidine rings is 1. The van der Waals surface area contributed by atoms with Gasteiger partial charge < -0.3 is 15.3 Å². The van der Waals surface area contributed by atoms with Crippen molar-refractivity contribution in [3.8, 4) is 0 Å². The molecule has 1 heterocycles. The Hall–Kier alpha value is -1.10. The van der Waals surface area contributed by atoms with Gasteiger partial charge in [-0.2, -0.15) is 0 Å². The molecule has 0 saturated carbocycles. The summed E-state index contributed by atoms with van der Waals surface area (Å²) in [4.78, 5) is 24.6. The van der Waals surface area contributed by atoms with Crippen LogP contribution >= 0.6 is 0 Å². The van der Waals surface area contributed by atoms with Gasteiger partial charge in [-0.05, 0) is 32.7 Å². The molecule has 0 aliphatic carbocycles. The first kappa shape index (κ1) is 14.0. The van der Waals surface area contributed by atoms with Crippen LogP contribution in [-0.2, 0) is 9.59 Å². The Balaban J connectivity index is 2.56. The highest BCUT2D eigenvalue weighted by Gasteiger charge is 2.31. The Morgan fingerprint density at radius 1 is 1.47 bits per heavy atom. The zero-order chi connectivity index (χ0) is 12.8. The molecule has 17 heavy (non-hydrogen) atoms. The number of carbonyl (C=O) groups is 2. The molecular weight excluding hydrogens is 220 g/mol. The molecule has 1 fully saturated rings. The molecule has 1 saturated heterocycles. The lowest BCUT2D eigenvalue weighted by Gasteiger charge is -2.33. The average molecular weight is 242 g/mol. The largest absolute Gasteiger partial charge is 0.480 e. The molecule has 2 N–H and O–H groups in total. The van der Waals surface area contributed by atoms with Crippen LogP contribution in [0.4, 0.5) is 0 Å². The third-order valence-corrected chi connectivity index (χ3v) is 3.14. The van der Waals surface area contributed by atoms with Crippen molar-refractivity contribution in [3.05, 3.63) is 0 Å². The van der Waals surface area contributed by atoms with E-state index < -0.39 is 12.0 Å². The molecule has 0 radical (unpaired) electrons. The number of hydrogen-bond acceptors (Lipinski definition) is 3. The van der Waals surface area contributed by atoms with E-state index in [-0.39, 0.29) is 11.9 Å². The van der Waals surface area contributed by atoms with E-state index in [1.54, 1.807) is 0 Å². The number of aliphatic carboxylic acids is 1. The smallest absolute Gasteiger partial charge is 0.326 e. The number of carboxylic acids is 1. The number of carbonyl (C=O) groups excluding carboxylic acids is 1. The molecule has 1 aliphatic rings. The molecule has 2 unspecified atom stereocenters. The number of carboxylic acid groups (broad SMARTS) is 1. The van der Waals surface area contributed by atoms with Crippen LogP contribution in [0.5, 0.6) is 0 Å². The summed E-state index contributed by atoms with van der Waals surface area (Å²) in [5.41, 5.74) is 0. The van der Waals surface area contributed by atoms with Crippen LogP contribution in [0.3, 0.4) is 0 Å². The maximum Gasteiger partial charge on any atom is 0.326 e. The summed E-state index contributed by atoms with van der Waals surface area (Å²) >= 11 is 0. The minimum atomic E-state index is -0.880. The Morgan fingerprint density at radius 3 is 2.76 bits per heavy atom. The van der Waals surface area contributed by atoms with Gasteiger partial charge in [-0.15, -0.1) is 0 Å². The molecule has 0 bridgehead atoms. The predicted molar refractivity (Wildman–Crippen MR) is 64.7 cm³/mol. The van der Waals surface area contributed by atoms with Crippen molar-refractivity contribution in [2.45, 2.75) is 51.6 Å². The van der Waals surface area contributed by atoms with Crippen LogP contribution in [-0.4, -0.2) is 47.1 Å². The second-order valence-corrected chi connectivity index (χ2v) is 4.60. The van der Waals surface area contributed by atoms with Crippen molar-refractivity contribution in [3.63, 3.8) is 0 Å². The summed E-state index contributed by atoms with van der Waals surface area (Å²) in [6.45, 7) is 5.33. The number of nitrogens with one attached hydrogen (secondary N) is 1. The third kappa shape index (κ3) is 4.00. The van der Waals surface area contributed by atoms with Crippen molar-refractivity contribution in [1.29, 1.82) is 0 Å². The maximum absolute atomic E-state index is 12.0. The fourth-order valence-electron chi connectivity index (χ4n) is 2.29. The number of hydrogen-bond donors (Lipinski definition) is 2. The standard InChI is InChI=1S/C12H22N2O3/c1-3-13-9(2)8-11(15)14-7-5-4-6-10(14)12(16)17/h9-10,13H,3-8H2,1-2H3,(H,16,17). The van der Waals surface area contributed by atoms with E-state index in [9.17, 15) is 9.59 Å². The third-order valence-electron chi connectivity index (χ3n) is 3.14. The van der Waals surface area contributed by atoms with Crippen LogP contribution in [0.25, 0.3) is 0 Å². The maximum atomic E-state index is 12.0. The van der Waals surface area contributed by atoms with E-state index in [0.29, 0.717) is 19.4 Å². The van der Waals surface area contributed by atoms with Gasteiger partial charge >= 0.3 is 5.97 Å². The van der Waals surface area contributed by atoms with Crippen LogP contribution in [0, 0.1) is 0 Å². The molecule has 5 heteroatoms. The molecule has 0 spiro atoms. The van der Waals surface area contributed by atoms with Crippen molar-refractivity contribution < 1.29 is 14.7 Å². The highest BCUT2D eigenvalue weighted by Crippen LogP contribution is 2.18. The van der Waals surface area contributed by atoms with Gasteiger partial charge in [-0.3, -0.25) is 4.79 Å². The summed E-state index contributed by atoms with van der Waals surface area (Å²) in [5, 5.41) is 12.3. The van der Waals surface area contributed by atoms with E-state index in [2.05, 4.69) is 5.32 Å². The second kappa shape index (κ2) is 6.59. The van der Waals surface area contributed by atoms with Crippen LogP contribution < -0.4 is 5.32 Å². The zero-order valence-corrected chi connectivity index (χ0v) is 10.6. The van der Waals surface area contributed by atoms with Crippen molar-refractivity contribution >= 4 is 11.9 Å². The molecule has 1 rings (SSSR count). The molecule has 5 nitrogen and oxygen atoms in total. The molecule has 0 aromatic rings. The summed E-state index contributed by atoms with van der Waals surface area (Å²) in [6, 6.07) is -0.519. The first-order valence-electron chi connectivity index (χ1n) is 6.32. The van der Waals surface area contributed by atoms with Gasteiger partial charge in [0.15, 0.2) is 0 Å². The summed E-state index contributed by atoms with van der Waals surface area (Å²) in [5.74, 6) is -0.931. The first-order chi connectivity index (χ1) is 8.06. The molecule has 1 amide bonds. The number of amides is 1. The number of nitrogens with zero attached hydrogens (tertiary/aromatic N) is 1. The lowest BCUT2D eigenvalue weighted by molar-refractivity contribution is -0.152. The van der Waals surface area contributed by atoms with Gasteiger partial charge in [0, 0.05) is 19.0 Å². The highest BCUT2D eigenvalue weighted by atomic mass is 16.4. The quantitative estimate of drug-likeness (QED) is 0.749. The molecule has 98 valence electrons. The van der Waals surface area contributed by atoms with Gasteiger partial charge in [0.1, 0.15) is 6.04 Å².